The predicted molar refractivity (Wildman–Crippen MR) is 80.9 cm³/mol. The first kappa shape index (κ1) is 13.2. The second-order valence-electron chi connectivity index (χ2n) is 9.10. The monoisotopic (exact) mass is 313 g/mol. The zero-order valence-corrected chi connectivity index (χ0v) is 13.2. The number of nitrogens with zero attached hydrogens (tertiary/aromatic N) is 2. The molecule has 23 heavy (non-hydrogen) atoms. The molecule has 9 atom stereocenters. The van der Waals surface area contributed by atoms with Gasteiger partial charge < -0.3 is 15.3 Å². The number of nitriles is 1. The van der Waals surface area contributed by atoms with Gasteiger partial charge in [0.25, 0.3) is 0 Å². The van der Waals surface area contributed by atoms with Crippen LogP contribution in [0.2, 0.25) is 0 Å². The fourth-order valence-corrected chi connectivity index (χ4v) is 7.36. The van der Waals surface area contributed by atoms with Gasteiger partial charge in [0, 0.05) is 17.5 Å². The van der Waals surface area contributed by atoms with Crippen LogP contribution in [0.4, 0.5) is 0 Å². The van der Waals surface area contributed by atoms with Gasteiger partial charge in [-0.15, -0.1) is 0 Å². The SMILES string of the molecule is N#C[C@@H]1C[C@@H]2C[C@@H]2N1C(=O)[C@H]1N[C@H]2[C@@H]3CCC[C@]4(O)C[C@@]12C4C3. The normalized spacial score (nSPS) is 60.7. The van der Waals surface area contributed by atoms with E-state index >= 15 is 0 Å². The second-order valence-corrected chi connectivity index (χ2v) is 9.10. The average Bonchev–Trinajstić information content (AvgIpc) is 3.14. The Balaban J connectivity index is 1.32. The summed E-state index contributed by atoms with van der Waals surface area (Å²) >= 11 is 0. The van der Waals surface area contributed by atoms with Gasteiger partial charge in [-0.25, -0.2) is 0 Å². The van der Waals surface area contributed by atoms with Crippen LogP contribution >= 0.6 is 0 Å². The van der Waals surface area contributed by atoms with Gasteiger partial charge in [0.1, 0.15) is 6.04 Å². The maximum atomic E-state index is 13.2. The molecule has 1 amide bonds. The Hall–Kier alpha value is -1.12. The van der Waals surface area contributed by atoms with E-state index < -0.39 is 5.60 Å². The molecule has 2 heterocycles. The molecule has 0 aromatic rings. The Morgan fingerprint density at radius 3 is 3.00 bits per heavy atom. The number of hydrogen-bond donors (Lipinski definition) is 2. The number of amides is 1. The maximum Gasteiger partial charge on any atom is 0.241 e. The van der Waals surface area contributed by atoms with Crippen LogP contribution in [0.3, 0.4) is 0 Å². The van der Waals surface area contributed by atoms with Crippen LogP contribution in [-0.2, 0) is 4.79 Å². The number of carbonyl (C=O) groups excluding carboxylic acids is 1. The molecule has 6 rings (SSSR count). The van der Waals surface area contributed by atoms with Gasteiger partial charge in [-0.3, -0.25) is 4.79 Å². The molecule has 6 fully saturated rings. The molecule has 122 valence electrons. The molecule has 5 heteroatoms. The third-order valence-electron chi connectivity index (χ3n) is 8.32. The van der Waals surface area contributed by atoms with Crippen molar-refractivity contribution in [1.82, 2.24) is 10.2 Å². The van der Waals surface area contributed by atoms with Gasteiger partial charge >= 0.3 is 0 Å². The third kappa shape index (κ3) is 1.29. The molecule has 4 aliphatic carbocycles. The highest BCUT2D eigenvalue weighted by molar-refractivity contribution is 5.87. The van der Waals surface area contributed by atoms with Crippen LogP contribution in [-0.4, -0.2) is 45.7 Å². The van der Waals surface area contributed by atoms with Crippen LogP contribution in [0.1, 0.15) is 44.9 Å². The lowest BCUT2D eigenvalue weighted by atomic mass is 9.43. The molecule has 4 saturated carbocycles. The molecule has 0 aromatic heterocycles. The summed E-state index contributed by atoms with van der Waals surface area (Å²) in [6, 6.07) is 2.73. The van der Waals surface area contributed by atoms with E-state index in [4.69, 9.17) is 0 Å². The van der Waals surface area contributed by atoms with E-state index in [1.807, 2.05) is 4.90 Å². The summed E-state index contributed by atoms with van der Waals surface area (Å²) in [6.07, 6.45) is 7.07. The molecule has 0 aromatic carbocycles. The average molecular weight is 313 g/mol. The topological polar surface area (TPSA) is 76.4 Å². The predicted octanol–water partition coefficient (Wildman–Crippen LogP) is 0.781. The van der Waals surface area contributed by atoms with Gasteiger partial charge in [0.15, 0.2) is 0 Å². The largest absolute Gasteiger partial charge is 0.390 e. The van der Waals surface area contributed by atoms with Crippen molar-refractivity contribution in [3.05, 3.63) is 0 Å². The summed E-state index contributed by atoms with van der Waals surface area (Å²) in [5.41, 5.74) is -0.504. The molecular formula is C18H23N3O2. The van der Waals surface area contributed by atoms with E-state index in [1.54, 1.807) is 0 Å². The van der Waals surface area contributed by atoms with Gasteiger partial charge in [-0.05, 0) is 56.3 Å². The second kappa shape index (κ2) is 3.75. The highest BCUT2D eigenvalue weighted by Crippen LogP contribution is 2.73. The van der Waals surface area contributed by atoms with Crippen molar-refractivity contribution in [2.45, 2.75) is 74.7 Å². The van der Waals surface area contributed by atoms with Crippen LogP contribution in [0.5, 0.6) is 0 Å². The number of hydrogen-bond acceptors (Lipinski definition) is 4. The standard InChI is InChI=1S/C18H23N3O2/c19-7-11-4-10-5-12(10)21(11)16(22)15-18-8-17(23)3-1-2-9(6-13(17)18)14(18)20-15/h9-15,20,23H,1-6,8H2/t9-,10-,11+,12+,13?,14+,15-,17+,18+/m1/s1. The van der Waals surface area contributed by atoms with Crippen molar-refractivity contribution >= 4 is 5.91 Å². The van der Waals surface area contributed by atoms with Crippen LogP contribution in [0, 0.1) is 34.5 Å². The molecular weight excluding hydrogens is 290 g/mol. The Labute approximate surface area is 136 Å². The minimum Gasteiger partial charge on any atom is -0.390 e. The number of aliphatic hydroxyl groups is 1. The van der Waals surface area contributed by atoms with Gasteiger partial charge in [0.2, 0.25) is 5.91 Å². The molecule has 2 N–H and O–H groups in total. The summed E-state index contributed by atoms with van der Waals surface area (Å²) in [6.45, 7) is 0. The number of rotatable bonds is 1. The van der Waals surface area contributed by atoms with Crippen LogP contribution in [0.15, 0.2) is 0 Å². The van der Waals surface area contributed by atoms with Crippen molar-refractivity contribution in [2.24, 2.45) is 23.2 Å². The summed E-state index contributed by atoms with van der Waals surface area (Å²) < 4.78 is 0. The molecule has 0 radical (unpaired) electrons. The smallest absolute Gasteiger partial charge is 0.241 e. The fourth-order valence-electron chi connectivity index (χ4n) is 7.36. The van der Waals surface area contributed by atoms with Crippen LogP contribution < -0.4 is 5.32 Å². The molecule has 1 spiro atoms. The minimum absolute atomic E-state index is 0.00387. The summed E-state index contributed by atoms with van der Waals surface area (Å²) in [7, 11) is 0. The fraction of sp³-hybridized carbons (Fsp3) is 0.889. The van der Waals surface area contributed by atoms with Gasteiger partial charge in [-0.2, -0.15) is 5.26 Å². The Morgan fingerprint density at radius 2 is 2.17 bits per heavy atom. The van der Waals surface area contributed by atoms with E-state index in [2.05, 4.69) is 11.4 Å². The first-order chi connectivity index (χ1) is 11.1. The molecule has 2 bridgehead atoms. The highest BCUT2D eigenvalue weighted by Gasteiger charge is 2.80. The summed E-state index contributed by atoms with van der Waals surface area (Å²) in [5.74, 6) is 1.67. The third-order valence-corrected chi connectivity index (χ3v) is 8.32. The van der Waals surface area contributed by atoms with Gasteiger partial charge in [-0.1, -0.05) is 6.42 Å². The first-order valence-corrected chi connectivity index (χ1v) is 9.29. The summed E-state index contributed by atoms with van der Waals surface area (Å²) in [5, 5.41) is 23.9. The van der Waals surface area contributed by atoms with E-state index in [9.17, 15) is 15.2 Å². The van der Waals surface area contributed by atoms with E-state index in [-0.39, 0.29) is 23.4 Å². The molecule has 5 nitrogen and oxygen atoms in total. The molecule has 1 unspecified atom stereocenters. The maximum absolute atomic E-state index is 13.2. The van der Waals surface area contributed by atoms with E-state index in [1.165, 1.54) is 6.42 Å². The van der Waals surface area contributed by atoms with E-state index in [0.717, 1.165) is 38.5 Å². The quantitative estimate of drug-likeness (QED) is 0.750. The number of likely N-dealkylation sites (tertiary alicyclic amines) is 1. The Morgan fingerprint density at radius 1 is 1.30 bits per heavy atom. The number of carbonyl (C=O) groups is 1. The number of piperidine rings is 1. The molecule has 2 aliphatic heterocycles. The van der Waals surface area contributed by atoms with Crippen LogP contribution in [0.25, 0.3) is 0 Å². The van der Waals surface area contributed by atoms with Crippen molar-refractivity contribution in [3.8, 4) is 6.07 Å². The Kier molecular flexibility index (Phi) is 2.16. The highest BCUT2D eigenvalue weighted by atomic mass is 16.3. The number of nitrogens with one attached hydrogen (secondary N) is 1. The zero-order chi connectivity index (χ0) is 15.6. The first-order valence-electron chi connectivity index (χ1n) is 9.29. The lowest BCUT2D eigenvalue weighted by molar-refractivity contribution is -0.238. The minimum atomic E-state index is -0.508. The lowest BCUT2D eigenvalue weighted by Gasteiger charge is -2.69. The van der Waals surface area contributed by atoms with Crippen molar-refractivity contribution in [2.75, 3.05) is 0 Å². The lowest BCUT2D eigenvalue weighted by Crippen LogP contribution is -2.83. The van der Waals surface area contributed by atoms with Crippen molar-refractivity contribution in [3.63, 3.8) is 0 Å². The van der Waals surface area contributed by atoms with Gasteiger partial charge in [0.05, 0.1) is 17.7 Å². The summed E-state index contributed by atoms with van der Waals surface area (Å²) in [4.78, 5) is 15.1. The molecule has 6 aliphatic rings. The zero-order valence-electron chi connectivity index (χ0n) is 13.2. The van der Waals surface area contributed by atoms with Crippen molar-refractivity contribution in [1.29, 1.82) is 5.26 Å². The van der Waals surface area contributed by atoms with E-state index in [0.29, 0.717) is 29.8 Å². The molecule has 2 saturated heterocycles. The number of fused-ring (bicyclic) bond motifs is 3. The Bertz CT molecular complexity index is 659. The van der Waals surface area contributed by atoms with Crippen molar-refractivity contribution < 1.29 is 9.90 Å².